The Morgan fingerprint density at radius 1 is 0.853 bits per heavy atom. The number of carbonyl (C=O) groups is 2. The zero-order valence-electron chi connectivity index (χ0n) is 21.6. The van der Waals surface area contributed by atoms with Gasteiger partial charge >= 0.3 is 5.97 Å². The molecule has 2 aliphatic carbocycles. The van der Waals surface area contributed by atoms with E-state index in [-0.39, 0.29) is 17.8 Å². The second-order valence-corrected chi connectivity index (χ2v) is 10.8. The second-order valence-electron chi connectivity index (χ2n) is 10.8. The van der Waals surface area contributed by atoms with Gasteiger partial charge in [-0.05, 0) is 50.4 Å². The van der Waals surface area contributed by atoms with Gasteiger partial charge in [-0.3, -0.25) is 9.59 Å². The lowest BCUT2D eigenvalue weighted by molar-refractivity contribution is -0.149. The van der Waals surface area contributed by atoms with E-state index in [1.54, 1.807) is 0 Å². The Hall–Kier alpha value is -1.36. The van der Waals surface area contributed by atoms with Crippen LogP contribution >= 0.6 is 0 Å². The van der Waals surface area contributed by atoms with Crippen molar-refractivity contribution in [1.29, 1.82) is 0 Å². The fraction of sp³-hybridized carbons (Fsp3) is 0.862. The molecule has 1 saturated heterocycles. The molecule has 5 heteroatoms. The highest BCUT2D eigenvalue weighted by Gasteiger charge is 2.40. The third-order valence-corrected chi connectivity index (χ3v) is 7.89. The summed E-state index contributed by atoms with van der Waals surface area (Å²) in [5.41, 5.74) is 0. The van der Waals surface area contributed by atoms with Crippen molar-refractivity contribution >= 4 is 11.9 Å². The maximum absolute atomic E-state index is 12.2. The maximum atomic E-state index is 12.2. The number of allylic oxidation sites excluding steroid dienone is 2. The molecule has 2 bridgehead atoms. The van der Waals surface area contributed by atoms with Gasteiger partial charge in [0.05, 0.1) is 24.7 Å². The van der Waals surface area contributed by atoms with Crippen molar-refractivity contribution in [2.75, 3.05) is 13.2 Å². The van der Waals surface area contributed by atoms with Crippen molar-refractivity contribution in [1.82, 2.24) is 5.32 Å². The molecule has 1 heterocycles. The van der Waals surface area contributed by atoms with Crippen molar-refractivity contribution in [3.8, 4) is 0 Å². The van der Waals surface area contributed by atoms with E-state index in [9.17, 15) is 9.59 Å². The predicted molar refractivity (Wildman–Crippen MR) is 136 cm³/mol. The van der Waals surface area contributed by atoms with Crippen LogP contribution in [0.4, 0.5) is 0 Å². The van der Waals surface area contributed by atoms with Crippen LogP contribution in [0.1, 0.15) is 116 Å². The summed E-state index contributed by atoms with van der Waals surface area (Å²) < 4.78 is 11.3. The van der Waals surface area contributed by atoms with Gasteiger partial charge in [0.25, 0.3) is 0 Å². The molecule has 1 N–H and O–H groups in total. The minimum atomic E-state index is -0.0512. The van der Waals surface area contributed by atoms with Crippen LogP contribution < -0.4 is 5.32 Å². The molecule has 0 aromatic carbocycles. The number of unbranched alkanes of at least 4 members (excludes halogenated alkanes) is 9. The first kappa shape index (κ1) is 27.2. The molecule has 2 unspecified atom stereocenters. The van der Waals surface area contributed by atoms with E-state index in [4.69, 9.17) is 9.47 Å². The van der Waals surface area contributed by atoms with Crippen LogP contribution in [-0.2, 0) is 19.1 Å². The van der Waals surface area contributed by atoms with Gasteiger partial charge in [0.1, 0.15) is 0 Å². The number of fused-ring (bicyclic) bond motifs is 2. The highest BCUT2D eigenvalue weighted by atomic mass is 16.6. The zero-order chi connectivity index (χ0) is 24.0. The van der Waals surface area contributed by atoms with Gasteiger partial charge < -0.3 is 14.8 Å². The van der Waals surface area contributed by atoms with Gasteiger partial charge in [-0.2, -0.15) is 0 Å². The summed E-state index contributed by atoms with van der Waals surface area (Å²) in [5, 5.41) is 2.96. The average molecular weight is 476 g/mol. The van der Waals surface area contributed by atoms with E-state index in [0.717, 1.165) is 25.7 Å². The molecule has 1 amide bonds. The van der Waals surface area contributed by atoms with Crippen LogP contribution in [0.5, 0.6) is 0 Å². The first-order valence-corrected chi connectivity index (χ1v) is 14.4. The van der Waals surface area contributed by atoms with E-state index in [2.05, 4.69) is 24.4 Å². The molecule has 0 aromatic rings. The first-order chi connectivity index (χ1) is 16.7. The summed E-state index contributed by atoms with van der Waals surface area (Å²) in [4.78, 5) is 24.1. The molecule has 3 aliphatic rings. The fourth-order valence-electron chi connectivity index (χ4n) is 5.69. The van der Waals surface area contributed by atoms with Crippen molar-refractivity contribution in [2.45, 2.75) is 128 Å². The van der Waals surface area contributed by atoms with E-state index >= 15 is 0 Å². The van der Waals surface area contributed by atoms with Gasteiger partial charge in [-0.1, -0.05) is 83.3 Å². The van der Waals surface area contributed by atoms with E-state index in [0.29, 0.717) is 50.0 Å². The Labute approximate surface area is 207 Å². The molecule has 3 rings (SSSR count). The lowest BCUT2D eigenvalue weighted by atomic mass is 9.94. The summed E-state index contributed by atoms with van der Waals surface area (Å²) in [7, 11) is 0. The summed E-state index contributed by atoms with van der Waals surface area (Å²) in [6.07, 6.45) is 25.3. The maximum Gasteiger partial charge on any atom is 0.309 e. The van der Waals surface area contributed by atoms with Crippen molar-refractivity contribution in [3.05, 3.63) is 12.2 Å². The first-order valence-electron chi connectivity index (χ1n) is 14.4. The number of amides is 1. The van der Waals surface area contributed by atoms with Crippen molar-refractivity contribution < 1.29 is 19.1 Å². The molecule has 194 valence electrons. The lowest BCUT2D eigenvalue weighted by Crippen LogP contribution is -2.26. The Kier molecular flexibility index (Phi) is 12.5. The average Bonchev–Trinajstić information content (AvgIpc) is 3.23. The molecular formula is C29H49NO4. The number of carbonyl (C=O) groups excluding carboxylic acids is 2. The molecule has 34 heavy (non-hydrogen) atoms. The summed E-state index contributed by atoms with van der Waals surface area (Å²) in [5.74, 6) is 1.11. The van der Waals surface area contributed by atoms with Crippen molar-refractivity contribution in [3.63, 3.8) is 0 Å². The van der Waals surface area contributed by atoms with E-state index in [1.165, 1.54) is 70.6 Å². The van der Waals surface area contributed by atoms with Gasteiger partial charge in [0, 0.05) is 13.0 Å². The highest BCUT2D eigenvalue weighted by molar-refractivity contribution is 5.75. The normalized spacial score (nSPS) is 26.7. The number of ether oxygens (including phenoxy) is 2. The number of epoxide rings is 1. The molecule has 0 radical (unpaired) electrons. The third-order valence-electron chi connectivity index (χ3n) is 7.89. The second kappa shape index (κ2) is 15.6. The van der Waals surface area contributed by atoms with Crippen LogP contribution in [0, 0.1) is 17.8 Å². The standard InChI is InChI=1S/C29H49NO4/c1-2-3-4-5-7-10-14-26-27(34-26)15-11-8-6-9-12-16-28(31)30-19-13-20-33-29(32)25-22-23-17-18-24(25)21-23/h17-18,23-27H,2-16,19-22H2,1H3,(H,30,31)/t23-,24+,25+,26?,27?/m1/s1. The van der Waals surface area contributed by atoms with Crippen molar-refractivity contribution in [2.24, 2.45) is 17.8 Å². The van der Waals surface area contributed by atoms with Crippen LogP contribution in [0.3, 0.4) is 0 Å². The Morgan fingerprint density at radius 3 is 2.18 bits per heavy atom. The summed E-state index contributed by atoms with van der Waals surface area (Å²) in [6.45, 7) is 3.26. The number of esters is 1. The SMILES string of the molecule is CCCCCCCCC1OC1CCCCCCCC(=O)NCCCOC(=O)[C@H]1C[C@@H]2C=C[C@H]1C2. The highest BCUT2D eigenvalue weighted by Crippen LogP contribution is 2.43. The van der Waals surface area contributed by atoms with Gasteiger partial charge in [-0.25, -0.2) is 0 Å². The monoisotopic (exact) mass is 475 g/mol. The van der Waals surface area contributed by atoms with Crippen LogP contribution in [0.25, 0.3) is 0 Å². The fourth-order valence-corrected chi connectivity index (χ4v) is 5.69. The Morgan fingerprint density at radius 2 is 1.53 bits per heavy atom. The minimum Gasteiger partial charge on any atom is -0.465 e. The molecule has 2 fully saturated rings. The number of hydrogen-bond donors (Lipinski definition) is 1. The molecule has 1 saturated carbocycles. The van der Waals surface area contributed by atoms with Crippen LogP contribution in [0.15, 0.2) is 12.2 Å². The van der Waals surface area contributed by atoms with E-state index < -0.39 is 0 Å². The molecule has 0 spiro atoms. The third kappa shape index (κ3) is 10.1. The summed E-state index contributed by atoms with van der Waals surface area (Å²) >= 11 is 0. The molecule has 5 atom stereocenters. The smallest absolute Gasteiger partial charge is 0.309 e. The number of hydrogen-bond acceptors (Lipinski definition) is 4. The predicted octanol–water partition coefficient (Wildman–Crippen LogP) is 6.50. The molecule has 5 nitrogen and oxygen atoms in total. The van der Waals surface area contributed by atoms with Gasteiger partial charge in [-0.15, -0.1) is 0 Å². The Balaban J connectivity index is 1.03. The van der Waals surface area contributed by atoms with E-state index in [1.807, 2.05) is 0 Å². The molecular weight excluding hydrogens is 426 g/mol. The van der Waals surface area contributed by atoms with Gasteiger partial charge in [0.2, 0.25) is 5.91 Å². The summed E-state index contributed by atoms with van der Waals surface area (Å²) in [6, 6.07) is 0. The number of rotatable bonds is 20. The molecule has 1 aliphatic heterocycles. The quantitative estimate of drug-likeness (QED) is 0.0945. The minimum absolute atomic E-state index is 0.0512. The zero-order valence-corrected chi connectivity index (χ0v) is 21.6. The lowest BCUT2D eigenvalue weighted by Gasteiger charge is -2.16. The number of nitrogens with one attached hydrogen (secondary N) is 1. The van der Waals surface area contributed by atoms with Gasteiger partial charge in [0.15, 0.2) is 0 Å². The molecule has 0 aromatic heterocycles. The Bertz CT molecular complexity index is 634. The topological polar surface area (TPSA) is 67.9 Å². The largest absolute Gasteiger partial charge is 0.465 e. The van der Waals surface area contributed by atoms with Crippen LogP contribution in [-0.4, -0.2) is 37.2 Å². The van der Waals surface area contributed by atoms with Crippen LogP contribution in [0.2, 0.25) is 0 Å².